The summed E-state index contributed by atoms with van der Waals surface area (Å²) in [7, 11) is 0. The Morgan fingerprint density at radius 2 is 1.93 bits per heavy atom. The highest BCUT2D eigenvalue weighted by atomic mass is 19.1. The van der Waals surface area contributed by atoms with Crippen molar-refractivity contribution in [2.75, 3.05) is 13.1 Å². The number of nitrogens with zero attached hydrogens (tertiary/aromatic N) is 1. The Morgan fingerprint density at radius 1 is 1.11 bits per heavy atom. The second-order valence-electron chi connectivity index (χ2n) is 8.04. The molecule has 1 atom stereocenters. The zero-order valence-corrected chi connectivity index (χ0v) is 16.5. The van der Waals surface area contributed by atoms with Crippen LogP contribution >= 0.6 is 0 Å². The highest BCUT2D eigenvalue weighted by molar-refractivity contribution is 6.05. The zero-order chi connectivity index (χ0) is 19.6. The summed E-state index contributed by atoms with van der Waals surface area (Å²) in [5.41, 5.74) is 2.58. The minimum Gasteiger partial charge on any atom is -0.489 e. The molecule has 1 saturated heterocycles. The number of piperidine rings is 1. The smallest absolute Gasteiger partial charge is 0.183 e. The lowest BCUT2D eigenvalue weighted by Gasteiger charge is -2.48. The first-order valence-corrected chi connectivity index (χ1v) is 10.4. The predicted octanol–water partition coefficient (Wildman–Crippen LogP) is 5.17. The Kier molecular flexibility index (Phi) is 5.49. The van der Waals surface area contributed by atoms with Crippen LogP contribution < -0.4 is 4.74 Å². The van der Waals surface area contributed by atoms with Crippen LogP contribution in [0.4, 0.5) is 4.39 Å². The fourth-order valence-corrected chi connectivity index (χ4v) is 4.77. The topological polar surface area (TPSA) is 29.5 Å². The van der Waals surface area contributed by atoms with Crippen molar-refractivity contribution in [2.45, 2.75) is 57.6 Å². The molecule has 1 aliphatic heterocycles. The number of fused-ring (bicyclic) bond motifs is 1. The molecular weight excluding hydrogens is 353 g/mol. The van der Waals surface area contributed by atoms with E-state index in [9.17, 15) is 9.18 Å². The Bertz CT molecular complexity index is 846. The molecule has 0 radical (unpaired) electrons. The lowest BCUT2D eigenvalue weighted by Crippen LogP contribution is -2.59. The predicted molar refractivity (Wildman–Crippen MR) is 108 cm³/mol. The first kappa shape index (κ1) is 19.1. The molecule has 0 bridgehead atoms. The molecule has 0 saturated carbocycles. The minimum atomic E-state index is -0.294. The number of ether oxygens (including phenoxy) is 1. The van der Waals surface area contributed by atoms with Crippen molar-refractivity contribution in [2.24, 2.45) is 0 Å². The number of Topliss-reactive ketones (excluding diaryl/α,β-unsaturated/α-hetero) is 1. The fraction of sp³-hybridized carbons (Fsp3) is 0.458. The number of hydrogen-bond donors (Lipinski definition) is 0. The van der Waals surface area contributed by atoms with Gasteiger partial charge in [-0.25, -0.2) is 4.39 Å². The van der Waals surface area contributed by atoms with E-state index in [1.807, 2.05) is 18.2 Å². The quantitative estimate of drug-likeness (QED) is 0.716. The van der Waals surface area contributed by atoms with Gasteiger partial charge in [0.05, 0.1) is 5.54 Å². The SMILES string of the molecule is CCCN1CCCCC12CCc1cc(OCc3ccc(F)cc3)ccc1C2=O. The molecular formula is C24H28FNO2. The molecule has 0 N–H and O–H groups in total. The number of ketones is 1. The van der Waals surface area contributed by atoms with E-state index in [1.165, 1.54) is 18.6 Å². The first-order chi connectivity index (χ1) is 13.6. The number of likely N-dealkylation sites (tertiary alicyclic amines) is 1. The summed E-state index contributed by atoms with van der Waals surface area (Å²) < 4.78 is 18.9. The summed E-state index contributed by atoms with van der Waals surface area (Å²) in [6.45, 7) is 4.61. The molecule has 1 spiro atoms. The Labute approximate surface area is 166 Å². The molecule has 4 rings (SSSR count). The monoisotopic (exact) mass is 381 g/mol. The summed E-state index contributed by atoms with van der Waals surface area (Å²) in [6, 6.07) is 12.2. The van der Waals surface area contributed by atoms with Crippen LogP contribution in [-0.4, -0.2) is 29.3 Å². The van der Waals surface area contributed by atoms with Crippen LogP contribution in [0.3, 0.4) is 0 Å². The number of hydrogen-bond acceptors (Lipinski definition) is 3. The molecule has 2 aromatic rings. The Hall–Kier alpha value is -2.20. The first-order valence-electron chi connectivity index (χ1n) is 10.4. The van der Waals surface area contributed by atoms with Crippen molar-refractivity contribution in [3.63, 3.8) is 0 Å². The van der Waals surface area contributed by atoms with Crippen LogP contribution in [0, 0.1) is 5.82 Å². The molecule has 0 aromatic heterocycles. The van der Waals surface area contributed by atoms with Gasteiger partial charge >= 0.3 is 0 Å². The summed E-state index contributed by atoms with van der Waals surface area (Å²) in [6.07, 6.45) is 6.21. The van der Waals surface area contributed by atoms with Crippen molar-refractivity contribution in [1.82, 2.24) is 4.90 Å². The van der Waals surface area contributed by atoms with Crippen LogP contribution in [0.2, 0.25) is 0 Å². The van der Waals surface area contributed by atoms with Crippen LogP contribution in [0.1, 0.15) is 60.5 Å². The number of rotatable bonds is 5. The van der Waals surface area contributed by atoms with E-state index in [1.54, 1.807) is 12.1 Å². The maximum Gasteiger partial charge on any atom is 0.183 e. The largest absolute Gasteiger partial charge is 0.489 e. The van der Waals surface area contributed by atoms with E-state index in [2.05, 4.69) is 11.8 Å². The van der Waals surface area contributed by atoms with Crippen LogP contribution in [0.15, 0.2) is 42.5 Å². The van der Waals surface area contributed by atoms with E-state index < -0.39 is 0 Å². The van der Waals surface area contributed by atoms with Gasteiger partial charge in [-0.15, -0.1) is 0 Å². The normalized spacial score (nSPS) is 22.3. The molecule has 1 aliphatic carbocycles. The van der Waals surface area contributed by atoms with Crippen LogP contribution in [0.25, 0.3) is 0 Å². The number of aryl methyl sites for hydroxylation is 1. The molecule has 2 aromatic carbocycles. The van der Waals surface area contributed by atoms with E-state index in [-0.39, 0.29) is 11.4 Å². The summed E-state index contributed by atoms with van der Waals surface area (Å²) in [5, 5.41) is 0. The van der Waals surface area contributed by atoms with Crippen molar-refractivity contribution >= 4 is 5.78 Å². The summed E-state index contributed by atoms with van der Waals surface area (Å²) >= 11 is 0. The molecule has 0 amide bonds. The van der Waals surface area contributed by atoms with Crippen molar-refractivity contribution in [3.05, 3.63) is 65.0 Å². The maximum absolute atomic E-state index is 13.5. The number of carbonyl (C=O) groups is 1. The second kappa shape index (κ2) is 8.04. The number of benzene rings is 2. The Morgan fingerprint density at radius 3 is 2.71 bits per heavy atom. The number of halogens is 1. The molecule has 1 unspecified atom stereocenters. The van der Waals surface area contributed by atoms with Crippen LogP contribution in [-0.2, 0) is 13.0 Å². The molecule has 4 heteroatoms. The standard InChI is InChI=1S/C24H28FNO2/c1-2-14-26-15-4-3-12-24(26)13-11-19-16-21(9-10-22(19)23(24)27)28-17-18-5-7-20(25)8-6-18/h5-10,16H,2-4,11-15,17H2,1H3. The highest BCUT2D eigenvalue weighted by Gasteiger charge is 2.47. The van der Waals surface area contributed by atoms with Crippen molar-refractivity contribution in [3.8, 4) is 5.75 Å². The molecule has 1 heterocycles. The van der Waals surface area contributed by atoms with E-state index in [0.717, 1.165) is 67.6 Å². The minimum absolute atomic E-state index is 0.246. The fourth-order valence-electron chi connectivity index (χ4n) is 4.77. The Balaban J connectivity index is 1.51. The maximum atomic E-state index is 13.5. The van der Waals surface area contributed by atoms with E-state index in [0.29, 0.717) is 12.4 Å². The van der Waals surface area contributed by atoms with Crippen molar-refractivity contribution in [1.29, 1.82) is 0 Å². The summed E-state index contributed by atoms with van der Waals surface area (Å²) in [5.74, 6) is 0.817. The average Bonchev–Trinajstić information content (AvgIpc) is 2.72. The van der Waals surface area contributed by atoms with Gasteiger partial charge in [0.1, 0.15) is 18.2 Å². The van der Waals surface area contributed by atoms with Gasteiger partial charge in [0.15, 0.2) is 5.78 Å². The van der Waals surface area contributed by atoms with Crippen LogP contribution in [0.5, 0.6) is 5.75 Å². The van der Waals surface area contributed by atoms with Gasteiger partial charge in [-0.05, 0) is 93.1 Å². The summed E-state index contributed by atoms with van der Waals surface area (Å²) in [4.78, 5) is 15.9. The zero-order valence-electron chi connectivity index (χ0n) is 16.5. The van der Waals surface area contributed by atoms with Gasteiger partial charge in [0, 0.05) is 5.56 Å². The molecule has 2 aliphatic rings. The third kappa shape index (κ3) is 3.58. The van der Waals surface area contributed by atoms with Gasteiger partial charge < -0.3 is 4.74 Å². The molecule has 28 heavy (non-hydrogen) atoms. The van der Waals surface area contributed by atoms with Gasteiger partial charge in [0.2, 0.25) is 0 Å². The third-order valence-corrected chi connectivity index (χ3v) is 6.24. The molecule has 1 fully saturated rings. The molecule has 148 valence electrons. The third-order valence-electron chi connectivity index (χ3n) is 6.24. The lowest BCUT2D eigenvalue weighted by molar-refractivity contribution is 0.0293. The van der Waals surface area contributed by atoms with Gasteiger partial charge in [0.25, 0.3) is 0 Å². The second-order valence-corrected chi connectivity index (χ2v) is 8.04. The molecule has 3 nitrogen and oxygen atoms in total. The number of carbonyl (C=O) groups excluding carboxylic acids is 1. The van der Waals surface area contributed by atoms with E-state index in [4.69, 9.17) is 4.74 Å². The average molecular weight is 381 g/mol. The van der Waals surface area contributed by atoms with Crippen molar-refractivity contribution < 1.29 is 13.9 Å². The van der Waals surface area contributed by atoms with Gasteiger partial charge in [-0.1, -0.05) is 19.1 Å². The lowest BCUT2D eigenvalue weighted by atomic mass is 9.71. The van der Waals surface area contributed by atoms with Gasteiger partial charge in [-0.3, -0.25) is 9.69 Å². The van der Waals surface area contributed by atoms with Gasteiger partial charge in [-0.2, -0.15) is 0 Å². The highest BCUT2D eigenvalue weighted by Crippen LogP contribution is 2.40. The van der Waals surface area contributed by atoms with E-state index >= 15 is 0 Å².